The topological polar surface area (TPSA) is 191 Å². The molecule has 0 N–H and O–H groups in total. The van der Waals surface area contributed by atoms with Crippen LogP contribution in [-0.2, 0) is 35.8 Å². The quantitative estimate of drug-likeness (QED) is 0.170. The first-order valence-corrected chi connectivity index (χ1v) is 12.7. The van der Waals surface area contributed by atoms with Crippen molar-refractivity contribution in [3.05, 3.63) is 18.2 Å². The molecule has 15 heteroatoms. The number of benzene rings is 1. The molecular formula is C15H21O12S3-3. The smallest absolute Gasteiger partial charge is 0.126 e. The largest absolute Gasteiger partial charge is 0.750 e. The van der Waals surface area contributed by atoms with Crippen LogP contribution in [0.1, 0.15) is 19.3 Å². The number of ether oxygens (including phenoxy) is 3. The lowest BCUT2D eigenvalue weighted by atomic mass is 10.3. The highest BCUT2D eigenvalue weighted by atomic mass is 32.2. The van der Waals surface area contributed by atoms with Crippen LogP contribution in [0.2, 0.25) is 0 Å². The first kappa shape index (κ1) is 26.5. The Kier molecular flexibility index (Phi) is 11.5. The van der Waals surface area contributed by atoms with Crippen LogP contribution in [0.3, 0.4) is 0 Å². The van der Waals surface area contributed by atoms with E-state index in [1.54, 1.807) is 0 Å². The molecule has 1 rings (SSSR count). The summed E-state index contributed by atoms with van der Waals surface area (Å²) in [6, 6.07) is 4.37. The van der Waals surface area contributed by atoms with Gasteiger partial charge in [-0.2, -0.15) is 0 Å². The van der Waals surface area contributed by atoms with Gasteiger partial charge < -0.3 is 32.1 Å². The second-order valence-electron chi connectivity index (χ2n) is 5.80. The molecule has 1 aromatic carbocycles. The molecule has 0 amide bonds. The minimum atomic E-state index is -4.36. The Bertz CT molecular complexity index is 824. The fraction of sp³-hybridized carbons (Fsp3) is 0.600. The number of hydrogen-bond acceptors (Lipinski definition) is 12. The lowest BCUT2D eigenvalue weighted by Crippen LogP contribution is -2.10. The zero-order chi connectivity index (χ0) is 22.6. The Morgan fingerprint density at radius 1 is 0.700 bits per heavy atom. The van der Waals surface area contributed by atoms with Crippen LogP contribution < -0.4 is 14.2 Å². The van der Waals surface area contributed by atoms with Gasteiger partial charge in [-0.1, -0.05) is 0 Å². The molecule has 1 atom stereocenters. The Hall–Kier alpha value is -1.49. The molecule has 0 aliphatic carbocycles. The Morgan fingerprint density at radius 2 is 1.07 bits per heavy atom. The monoisotopic (exact) mass is 489 g/mol. The van der Waals surface area contributed by atoms with Crippen LogP contribution in [0, 0.1) is 0 Å². The van der Waals surface area contributed by atoms with Crippen molar-refractivity contribution in [2.45, 2.75) is 19.3 Å². The van der Waals surface area contributed by atoms with Gasteiger partial charge in [0.15, 0.2) is 0 Å². The maximum atomic E-state index is 10.6. The molecule has 1 aromatic rings. The van der Waals surface area contributed by atoms with E-state index in [-0.39, 0.29) is 62.9 Å². The maximum Gasteiger partial charge on any atom is 0.126 e. The van der Waals surface area contributed by atoms with Gasteiger partial charge in [0.25, 0.3) is 0 Å². The Balaban J connectivity index is 2.67. The molecule has 12 nitrogen and oxygen atoms in total. The van der Waals surface area contributed by atoms with Crippen molar-refractivity contribution in [3.63, 3.8) is 0 Å². The van der Waals surface area contributed by atoms with Crippen LogP contribution in [0.25, 0.3) is 0 Å². The summed E-state index contributed by atoms with van der Waals surface area (Å²) >= 11 is -2.62. The van der Waals surface area contributed by atoms with Crippen LogP contribution in [-0.4, -0.2) is 72.6 Å². The van der Waals surface area contributed by atoms with Gasteiger partial charge in [-0.25, -0.2) is 21.0 Å². The SMILES string of the molecule is O=S([O-])OCCCOc1cc(OCCCS(=O)(=O)[O-])cc(OCCCS(=O)(=O)[O-])c1. The van der Waals surface area contributed by atoms with Crippen molar-refractivity contribution in [1.82, 2.24) is 0 Å². The lowest BCUT2D eigenvalue weighted by molar-refractivity contribution is 0.241. The Labute approximate surface area is 177 Å². The van der Waals surface area contributed by atoms with Crippen molar-refractivity contribution < 1.29 is 53.1 Å². The molecule has 1 unspecified atom stereocenters. The molecule has 0 fully saturated rings. The molecule has 0 saturated carbocycles. The van der Waals surface area contributed by atoms with Gasteiger partial charge in [-0.15, -0.1) is 0 Å². The second-order valence-corrected chi connectivity index (χ2v) is 9.49. The molecule has 0 aliphatic rings. The van der Waals surface area contributed by atoms with Gasteiger partial charge in [0.2, 0.25) is 0 Å². The van der Waals surface area contributed by atoms with E-state index in [1.807, 2.05) is 0 Å². The van der Waals surface area contributed by atoms with Crippen LogP contribution in [0.15, 0.2) is 18.2 Å². The molecule has 0 heterocycles. The summed E-state index contributed by atoms with van der Waals surface area (Å²) in [5, 5.41) is 0. The van der Waals surface area contributed by atoms with Gasteiger partial charge in [0.05, 0.1) is 58.0 Å². The fourth-order valence-electron chi connectivity index (χ4n) is 2.02. The van der Waals surface area contributed by atoms with E-state index in [0.717, 1.165) is 0 Å². The van der Waals surface area contributed by atoms with Crippen molar-refractivity contribution in [3.8, 4) is 17.2 Å². The van der Waals surface area contributed by atoms with Crippen LogP contribution in [0.5, 0.6) is 17.2 Å². The summed E-state index contributed by atoms with van der Waals surface area (Å²) in [6.07, 6.45) is 0.203. The van der Waals surface area contributed by atoms with Crippen molar-refractivity contribution in [2.24, 2.45) is 0 Å². The number of hydrogen-bond donors (Lipinski definition) is 0. The molecule has 0 bridgehead atoms. The molecule has 0 aromatic heterocycles. The van der Waals surface area contributed by atoms with Gasteiger partial charge in [0, 0.05) is 36.1 Å². The third-order valence-corrected chi connectivity index (χ3v) is 5.14. The molecular weight excluding hydrogens is 468 g/mol. The highest BCUT2D eigenvalue weighted by Crippen LogP contribution is 2.28. The van der Waals surface area contributed by atoms with Crippen LogP contribution >= 0.6 is 0 Å². The molecule has 0 radical (unpaired) electrons. The predicted molar refractivity (Wildman–Crippen MR) is 101 cm³/mol. The highest BCUT2D eigenvalue weighted by molar-refractivity contribution is 7.85. The standard InChI is InChI=1S/C15H24O12S3/c16-28(17)27-7-1-4-24-13-10-14(25-5-2-8-29(18,19)20)12-15(11-13)26-6-3-9-30(21,22)23/h10-12H,1-9H2,(H,16,17)(H,18,19,20)(H,21,22,23)/p-3. The Morgan fingerprint density at radius 3 is 1.40 bits per heavy atom. The molecule has 0 spiro atoms. The molecule has 30 heavy (non-hydrogen) atoms. The second kappa shape index (κ2) is 13.0. The van der Waals surface area contributed by atoms with Gasteiger partial charge in [-0.05, 0) is 12.8 Å². The summed E-state index contributed by atoms with van der Waals surface area (Å²) < 4.78 is 105. The van der Waals surface area contributed by atoms with Gasteiger partial charge >= 0.3 is 0 Å². The zero-order valence-corrected chi connectivity index (χ0v) is 18.2. The third kappa shape index (κ3) is 14.5. The van der Waals surface area contributed by atoms with E-state index in [9.17, 15) is 34.7 Å². The van der Waals surface area contributed by atoms with Crippen LogP contribution in [0.4, 0.5) is 0 Å². The zero-order valence-electron chi connectivity index (χ0n) is 15.7. The number of rotatable bonds is 16. The summed E-state index contributed by atoms with van der Waals surface area (Å²) in [5.41, 5.74) is 0. The van der Waals surface area contributed by atoms with E-state index in [0.29, 0.717) is 0 Å². The third-order valence-electron chi connectivity index (χ3n) is 3.21. The van der Waals surface area contributed by atoms with Crippen molar-refractivity contribution in [2.75, 3.05) is 37.9 Å². The van der Waals surface area contributed by atoms with Gasteiger partial charge in [0.1, 0.15) is 17.2 Å². The summed E-state index contributed by atoms with van der Waals surface area (Å²) in [4.78, 5) is 0. The van der Waals surface area contributed by atoms with Crippen molar-refractivity contribution >= 4 is 31.6 Å². The van der Waals surface area contributed by atoms with Crippen molar-refractivity contribution in [1.29, 1.82) is 0 Å². The minimum Gasteiger partial charge on any atom is -0.750 e. The summed E-state index contributed by atoms with van der Waals surface area (Å²) in [7, 11) is -8.71. The molecule has 174 valence electrons. The summed E-state index contributed by atoms with van der Waals surface area (Å²) in [5.74, 6) is -0.425. The fourth-order valence-corrected chi connectivity index (χ4v) is 3.22. The molecule has 0 saturated heterocycles. The average molecular weight is 490 g/mol. The van der Waals surface area contributed by atoms with E-state index < -0.39 is 43.1 Å². The normalized spacial score (nSPS) is 13.0. The highest BCUT2D eigenvalue weighted by Gasteiger charge is 2.06. The summed E-state index contributed by atoms with van der Waals surface area (Å²) in [6.45, 7) is -0.115. The average Bonchev–Trinajstić information content (AvgIpc) is 2.60. The van der Waals surface area contributed by atoms with E-state index in [1.165, 1.54) is 18.2 Å². The first-order chi connectivity index (χ1) is 13.9. The predicted octanol–water partition coefficient (Wildman–Crippen LogP) is -0.106. The molecule has 0 aliphatic heterocycles. The first-order valence-electron chi connectivity index (χ1n) is 8.58. The van der Waals surface area contributed by atoms with E-state index in [4.69, 9.17) is 14.2 Å². The maximum absolute atomic E-state index is 10.6. The lowest BCUT2D eigenvalue weighted by Gasteiger charge is -2.14. The van der Waals surface area contributed by atoms with E-state index in [2.05, 4.69) is 4.18 Å². The van der Waals surface area contributed by atoms with Gasteiger partial charge in [-0.3, -0.25) is 0 Å². The van der Waals surface area contributed by atoms with E-state index >= 15 is 0 Å². The minimum absolute atomic E-state index is 0.0296.